The topological polar surface area (TPSA) is 76.5 Å². The predicted octanol–water partition coefficient (Wildman–Crippen LogP) is 15.7. The Morgan fingerprint density at radius 1 is 0.833 bits per heavy atom. The minimum atomic E-state index is -4.33. The Labute approximate surface area is 368 Å². The fourth-order valence-electron chi connectivity index (χ4n) is 7.76. The summed E-state index contributed by atoms with van der Waals surface area (Å²) in [5.41, 5.74) is 4.03. The number of carbonyl (C=O) groups excluding carboxylic acids is 1. The van der Waals surface area contributed by atoms with E-state index in [9.17, 15) is 23.1 Å². The SMILES string of the molecule is CCC(CC)C(=O)/C=C(\O)C(CC)CC.Cc1c(-c2cc3oc(CC(C)(C)C(F)(F)F)cc3o2)ccc2c1sc1c(-c3[c-]c4ccccc4c(C(C)(C)C)c3)nccc12.[Ir]. The number of hydrogen-bond donors (Lipinski definition) is 1. The van der Waals surface area contributed by atoms with Crippen LogP contribution in [0.15, 0.2) is 87.5 Å². The van der Waals surface area contributed by atoms with Crippen LogP contribution in [0.1, 0.15) is 105 Å². The number of halogens is 3. The maximum absolute atomic E-state index is 13.4. The Kier molecular flexibility index (Phi) is 14.4. The van der Waals surface area contributed by atoms with Crippen LogP contribution < -0.4 is 0 Å². The van der Waals surface area contributed by atoms with Gasteiger partial charge in [0.2, 0.25) is 0 Å². The minimum absolute atomic E-state index is 0. The van der Waals surface area contributed by atoms with Crippen molar-refractivity contribution in [2.45, 2.75) is 113 Å². The van der Waals surface area contributed by atoms with Gasteiger partial charge in [-0.15, -0.1) is 40.5 Å². The molecule has 5 nitrogen and oxygen atoms in total. The number of aromatic nitrogens is 1. The number of benzene rings is 3. The molecule has 0 atom stereocenters. The third-order valence-corrected chi connectivity index (χ3v) is 13.0. The number of thiophene rings is 1. The number of aliphatic hydroxyl groups excluding tert-OH is 1. The molecule has 0 saturated carbocycles. The number of aryl methyl sites for hydroxylation is 1. The van der Waals surface area contributed by atoms with E-state index in [2.05, 4.69) is 70.2 Å². The second kappa shape index (κ2) is 18.4. The second-order valence-corrected chi connectivity index (χ2v) is 18.3. The van der Waals surface area contributed by atoms with E-state index < -0.39 is 11.6 Å². The molecule has 321 valence electrons. The Morgan fingerprint density at radius 3 is 2.08 bits per heavy atom. The molecule has 0 unspecified atom stereocenters. The fraction of sp³-hybridized carbons (Fsp3) is 0.400. The van der Waals surface area contributed by atoms with Crippen molar-refractivity contribution in [1.29, 1.82) is 0 Å². The van der Waals surface area contributed by atoms with Crippen LogP contribution in [-0.2, 0) is 36.7 Å². The van der Waals surface area contributed by atoms with Crippen LogP contribution in [0.3, 0.4) is 0 Å². The van der Waals surface area contributed by atoms with Gasteiger partial charge in [-0.3, -0.25) is 9.78 Å². The van der Waals surface area contributed by atoms with Gasteiger partial charge in [0.15, 0.2) is 16.9 Å². The standard InChI is InChI=1S/C37H31F3NO2S.C13H24O2.Ir/c1-20-24(29-18-31-30(43-29)17-23(42-31)19-36(5,6)37(38,39)40)11-12-26-27-13-14-41-32(34(27)44-33(20)26)22-15-21-9-7-8-10-25(21)28(16-22)35(2,3)4;1-5-10(6-2)12(14)9-13(15)11(7-3)8-4;/h7-14,16-18H,19H2,1-6H3;9-11,14H,5-8H2,1-4H3;/q-1;;/b;12-9-;. The van der Waals surface area contributed by atoms with Crippen molar-refractivity contribution in [3.05, 3.63) is 102 Å². The van der Waals surface area contributed by atoms with Gasteiger partial charge in [-0.25, -0.2) is 0 Å². The average Bonchev–Trinajstić information content (AvgIpc) is 3.87. The second-order valence-electron chi connectivity index (χ2n) is 17.3. The normalized spacial score (nSPS) is 12.8. The first-order chi connectivity index (χ1) is 27.8. The Balaban J connectivity index is 0.000000367. The van der Waals surface area contributed by atoms with Gasteiger partial charge >= 0.3 is 6.18 Å². The molecule has 1 N–H and O–H groups in total. The number of ketones is 1. The molecule has 7 aromatic rings. The molecule has 0 saturated heterocycles. The zero-order chi connectivity index (χ0) is 43.0. The van der Waals surface area contributed by atoms with E-state index in [0.29, 0.717) is 16.9 Å². The number of hydrogen-bond acceptors (Lipinski definition) is 6. The average molecular weight is 1020 g/mol. The van der Waals surface area contributed by atoms with Crippen LogP contribution in [0.5, 0.6) is 0 Å². The summed E-state index contributed by atoms with van der Waals surface area (Å²) in [4.78, 5) is 16.6. The van der Waals surface area contributed by atoms with Gasteiger partial charge in [0, 0.05) is 88.8 Å². The number of carbonyl (C=O) groups is 1. The summed E-state index contributed by atoms with van der Waals surface area (Å²) in [6.45, 7) is 19.2. The number of aliphatic hydroxyl groups is 1. The van der Waals surface area contributed by atoms with Crippen molar-refractivity contribution in [2.75, 3.05) is 0 Å². The van der Waals surface area contributed by atoms with Crippen molar-refractivity contribution < 1.29 is 52.0 Å². The number of rotatable bonds is 11. The van der Waals surface area contributed by atoms with Crippen LogP contribution in [-0.4, -0.2) is 22.1 Å². The summed E-state index contributed by atoms with van der Waals surface area (Å²) in [6, 6.07) is 23.8. The first kappa shape index (κ1) is 46.8. The maximum Gasteiger partial charge on any atom is 0.394 e. The molecule has 4 heterocycles. The van der Waals surface area contributed by atoms with Crippen molar-refractivity contribution >= 4 is 59.2 Å². The molecule has 0 fully saturated rings. The Hall–Kier alpha value is -4.24. The summed E-state index contributed by atoms with van der Waals surface area (Å²) >= 11 is 1.70. The molecule has 3 aromatic carbocycles. The van der Waals surface area contributed by atoms with Crippen molar-refractivity contribution in [3.8, 4) is 22.6 Å². The third kappa shape index (κ3) is 9.46. The van der Waals surface area contributed by atoms with Crippen LogP contribution in [0.2, 0.25) is 0 Å². The van der Waals surface area contributed by atoms with E-state index in [1.54, 1.807) is 23.5 Å². The Bertz CT molecular complexity index is 2620. The molecular weight excluding hydrogens is 960 g/mol. The number of alkyl halides is 3. The van der Waals surface area contributed by atoms with Gasteiger partial charge in [-0.1, -0.05) is 104 Å². The molecule has 60 heavy (non-hydrogen) atoms. The van der Waals surface area contributed by atoms with Crippen LogP contribution in [0.4, 0.5) is 13.2 Å². The molecule has 1 radical (unpaired) electrons. The zero-order valence-corrected chi connectivity index (χ0v) is 39.3. The van der Waals surface area contributed by atoms with E-state index in [1.807, 2.05) is 46.0 Å². The molecule has 0 amide bonds. The van der Waals surface area contributed by atoms with Crippen LogP contribution in [0.25, 0.3) is 64.7 Å². The molecule has 0 aliphatic rings. The van der Waals surface area contributed by atoms with Crippen molar-refractivity contribution in [1.82, 2.24) is 4.98 Å². The summed E-state index contributed by atoms with van der Waals surface area (Å²) in [6.07, 6.45) is 2.18. The summed E-state index contributed by atoms with van der Waals surface area (Å²) in [7, 11) is 0. The number of furan rings is 2. The minimum Gasteiger partial charge on any atom is -0.512 e. The van der Waals surface area contributed by atoms with Gasteiger partial charge < -0.3 is 13.9 Å². The summed E-state index contributed by atoms with van der Waals surface area (Å²) in [5.74, 6) is 1.42. The zero-order valence-electron chi connectivity index (χ0n) is 36.1. The van der Waals surface area contributed by atoms with Crippen molar-refractivity contribution in [3.63, 3.8) is 0 Å². The largest absolute Gasteiger partial charge is 0.512 e. The van der Waals surface area contributed by atoms with Crippen LogP contribution in [0, 0.1) is 30.2 Å². The van der Waals surface area contributed by atoms with Gasteiger partial charge in [0.05, 0.1) is 11.2 Å². The molecule has 0 aliphatic heterocycles. The number of pyridine rings is 1. The van der Waals surface area contributed by atoms with Gasteiger partial charge in [-0.05, 0) is 55.0 Å². The number of nitrogens with zero attached hydrogens (tertiary/aromatic N) is 1. The van der Waals surface area contributed by atoms with Gasteiger partial charge in [0.25, 0.3) is 0 Å². The van der Waals surface area contributed by atoms with Crippen molar-refractivity contribution in [2.24, 2.45) is 17.3 Å². The quantitative estimate of drug-likeness (QED) is 0.0794. The van der Waals surface area contributed by atoms with E-state index in [4.69, 9.17) is 13.8 Å². The van der Waals surface area contributed by atoms with E-state index in [0.717, 1.165) is 73.6 Å². The van der Waals surface area contributed by atoms with Gasteiger partial charge in [0.1, 0.15) is 11.5 Å². The number of fused-ring (bicyclic) bond motifs is 5. The maximum atomic E-state index is 13.4. The summed E-state index contributed by atoms with van der Waals surface area (Å²) in [5, 5.41) is 14.3. The molecule has 4 aromatic heterocycles. The smallest absolute Gasteiger partial charge is 0.394 e. The molecule has 10 heteroatoms. The molecular formula is C50H55F3IrNO4S-. The third-order valence-electron chi connectivity index (χ3n) is 11.6. The number of allylic oxidation sites excluding steroid dienone is 2. The first-order valence-corrected chi connectivity index (χ1v) is 21.4. The van der Waals surface area contributed by atoms with E-state index in [-0.39, 0.29) is 61.1 Å². The molecule has 0 aliphatic carbocycles. The summed E-state index contributed by atoms with van der Waals surface area (Å²) < 4.78 is 54.4. The predicted molar refractivity (Wildman–Crippen MR) is 237 cm³/mol. The van der Waals surface area contributed by atoms with Gasteiger partial charge in [-0.2, -0.15) is 13.2 Å². The molecule has 0 spiro atoms. The fourth-order valence-corrected chi connectivity index (χ4v) is 9.06. The monoisotopic (exact) mass is 1020 g/mol. The molecule has 0 bridgehead atoms. The van der Waals surface area contributed by atoms with E-state index in [1.165, 1.54) is 30.9 Å². The first-order valence-electron chi connectivity index (χ1n) is 20.6. The van der Waals surface area contributed by atoms with E-state index >= 15 is 0 Å². The molecule has 7 rings (SSSR count). The van der Waals surface area contributed by atoms with Crippen LogP contribution >= 0.6 is 11.3 Å². The Morgan fingerprint density at radius 2 is 1.47 bits per heavy atom.